The largest absolute Gasteiger partial charge is 0.390 e. The normalized spacial score (nSPS) is 14.3. The van der Waals surface area contributed by atoms with Crippen LogP contribution in [0.1, 0.15) is 32.3 Å². The zero-order valence-electron chi connectivity index (χ0n) is 8.73. The van der Waals surface area contributed by atoms with Gasteiger partial charge in [-0.05, 0) is 35.2 Å². The van der Waals surface area contributed by atoms with E-state index in [9.17, 15) is 10.2 Å². The minimum absolute atomic E-state index is 0.543. The lowest BCUT2D eigenvalue weighted by molar-refractivity contribution is -0.0789. The molecule has 3 heteroatoms. The predicted octanol–water partition coefficient (Wildman–Crippen LogP) is 2.20. The second-order valence-electron chi connectivity index (χ2n) is 3.66. The van der Waals surface area contributed by atoms with Crippen molar-refractivity contribution in [2.75, 3.05) is 0 Å². The van der Waals surface area contributed by atoms with Crippen LogP contribution >= 0.6 is 11.3 Å². The van der Waals surface area contributed by atoms with Gasteiger partial charge in [0.25, 0.3) is 0 Å². The van der Waals surface area contributed by atoms with E-state index in [0.717, 1.165) is 5.56 Å². The molecule has 0 bridgehead atoms. The molecule has 1 rings (SSSR count). The highest BCUT2D eigenvalue weighted by atomic mass is 32.1. The maximum absolute atomic E-state index is 10.0. The Labute approximate surface area is 89.2 Å². The summed E-state index contributed by atoms with van der Waals surface area (Å²) in [5.74, 6) is 0. The monoisotopic (exact) mass is 214 g/mol. The molecule has 14 heavy (non-hydrogen) atoms. The first kappa shape index (κ1) is 11.7. The van der Waals surface area contributed by atoms with Crippen molar-refractivity contribution in [1.29, 1.82) is 0 Å². The third-order valence-electron chi connectivity index (χ3n) is 2.85. The third kappa shape index (κ3) is 2.56. The number of hydrogen-bond donors (Lipinski definition) is 2. The molecule has 0 spiro atoms. The molecule has 0 aromatic carbocycles. The summed E-state index contributed by atoms with van der Waals surface area (Å²) >= 11 is 1.61. The summed E-state index contributed by atoms with van der Waals surface area (Å²) in [5, 5.41) is 23.9. The van der Waals surface area contributed by atoms with Gasteiger partial charge in [-0.25, -0.2) is 0 Å². The second-order valence-corrected chi connectivity index (χ2v) is 4.44. The van der Waals surface area contributed by atoms with E-state index in [2.05, 4.69) is 0 Å². The van der Waals surface area contributed by atoms with Crippen molar-refractivity contribution < 1.29 is 10.2 Å². The van der Waals surface area contributed by atoms with Crippen LogP contribution in [-0.2, 0) is 6.42 Å². The van der Waals surface area contributed by atoms with Crippen LogP contribution in [0.15, 0.2) is 16.8 Å². The zero-order valence-corrected chi connectivity index (χ0v) is 9.55. The molecule has 2 nitrogen and oxygen atoms in total. The lowest BCUT2D eigenvalue weighted by Crippen LogP contribution is -2.42. The summed E-state index contributed by atoms with van der Waals surface area (Å²) in [5.41, 5.74) is 0.171. The summed E-state index contributed by atoms with van der Waals surface area (Å²) < 4.78 is 0. The van der Waals surface area contributed by atoms with Crippen LogP contribution in [0.3, 0.4) is 0 Å². The Bertz CT molecular complexity index is 252. The van der Waals surface area contributed by atoms with Gasteiger partial charge >= 0.3 is 0 Å². The minimum atomic E-state index is -0.929. The number of hydrogen-bond acceptors (Lipinski definition) is 3. The molecule has 1 aromatic heterocycles. The Morgan fingerprint density at radius 2 is 2.07 bits per heavy atom. The Morgan fingerprint density at radius 1 is 1.43 bits per heavy atom. The summed E-state index contributed by atoms with van der Waals surface area (Å²) in [4.78, 5) is 0. The summed E-state index contributed by atoms with van der Waals surface area (Å²) in [6.07, 6.45) is 1.07. The van der Waals surface area contributed by atoms with Crippen LogP contribution in [0.4, 0.5) is 0 Å². The van der Waals surface area contributed by atoms with Crippen molar-refractivity contribution in [3.63, 3.8) is 0 Å². The molecule has 0 aliphatic heterocycles. The van der Waals surface area contributed by atoms with Gasteiger partial charge in [-0.1, -0.05) is 13.8 Å². The molecule has 1 aromatic rings. The van der Waals surface area contributed by atoms with Gasteiger partial charge in [0, 0.05) is 6.42 Å². The second kappa shape index (κ2) is 4.91. The highest BCUT2D eigenvalue weighted by Gasteiger charge is 2.31. The lowest BCUT2D eigenvalue weighted by Gasteiger charge is -2.30. The molecule has 1 heterocycles. The fraction of sp³-hybridized carbons (Fsp3) is 0.636. The van der Waals surface area contributed by atoms with Crippen molar-refractivity contribution >= 4 is 11.3 Å². The van der Waals surface area contributed by atoms with Gasteiger partial charge in [0.15, 0.2) is 0 Å². The van der Waals surface area contributed by atoms with Gasteiger partial charge in [-0.2, -0.15) is 11.3 Å². The molecule has 0 fully saturated rings. The summed E-state index contributed by atoms with van der Waals surface area (Å²) in [6.45, 7) is 3.81. The molecular weight excluding hydrogens is 196 g/mol. The maximum atomic E-state index is 10.0. The highest BCUT2D eigenvalue weighted by Crippen LogP contribution is 2.23. The van der Waals surface area contributed by atoms with Crippen molar-refractivity contribution in [2.45, 2.75) is 44.8 Å². The summed E-state index contributed by atoms with van der Waals surface area (Å²) in [7, 11) is 0. The molecule has 2 N–H and O–H groups in total. The SMILES string of the molecule is CCC(O)(CC)C(O)Cc1ccsc1. The average Bonchev–Trinajstić information content (AvgIpc) is 2.69. The van der Waals surface area contributed by atoms with Crippen LogP contribution in [0, 0.1) is 0 Å². The molecule has 0 amide bonds. The third-order valence-corrected chi connectivity index (χ3v) is 3.59. The molecule has 0 aliphatic rings. The van der Waals surface area contributed by atoms with Gasteiger partial charge in [0.2, 0.25) is 0 Å². The highest BCUT2D eigenvalue weighted by molar-refractivity contribution is 7.07. The van der Waals surface area contributed by atoms with E-state index < -0.39 is 11.7 Å². The van der Waals surface area contributed by atoms with Crippen LogP contribution < -0.4 is 0 Å². The molecule has 0 radical (unpaired) electrons. The Kier molecular flexibility index (Phi) is 4.11. The maximum Gasteiger partial charge on any atom is 0.0903 e. The van der Waals surface area contributed by atoms with Crippen LogP contribution in [0.5, 0.6) is 0 Å². The first-order valence-corrected chi connectivity index (χ1v) is 5.98. The topological polar surface area (TPSA) is 40.5 Å². The van der Waals surface area contributed by atoms with E-state index in [1.807, 2.05) is 30.7 Å². The number of thiophene rings is 1. The molecule has 0 saturated carbocycles. The van der Waals surface area contributed by atoms with Gasteiger partial charge in [-0.3, -0.25) is 0 Å². The van der Waals surface area contributed by atoms with E-state index in [1.54, 1.807) is 11.3 Å². The van der Waals surface area contributed by atoms with Gasteiger partial charge in [0.05, 0.1) is 11.7 Å². The smallest absolute Gasteiger partial charge is 0.0903 e. The van der Waals surface area contributed by atoms with Crippen LogP contribution in [0.2, 0.25) is 0 Å². The number of aliphatic hydroxyl groups is 2. The first-order chi connectivity index (χ1) is 6.62. The van der Waals surface area contributed by atoms with Gasteiger partial charge in [0.1, 0.15) is 0 Å². The van der Waals surface area contributed by atoms with Crippen molar-refractivity contribution in [1.82, 2.24) is 0 Å². The molecule has 0 saturated heterocycles. The molecule has 1 unspecified atom stereocenters. The summed E-state index contributed by atoms with van der Waals surface area (Å²) in [6, 6.07) is 1.99. The Hall–Kier alpha value is -0.380. The standard InChI is InChI=1S/C11H18O2S/c1-3-11(13,4-2)10(12)7-9-5-6-14-8-9/h5-6,8,10,12-13H,3-4,7H2,1-2H3. The van der Waals surface area contributed by atoms with Crippen molar-refractivity contribution in [3.8, 4) is 0 Å². The zero-order chi connectivity index (χ0) is 10.6. The lowest BCUT2D eigenvalue weighted by atomic mass is 9.87. The van der Waals surface area contributed by atoms with Crippen LogP contribution in [-0.4, -0.2) is 21.9 Å². The van der Waals surface area contributed by atoms with E-state index in [4.69, 9.17) is 0 Å². The fourth-order valence-corrected chi connectivity index (χ4v) is 2.22. The van der Waals surface area contributed by atoms with E-state index in [-0.39, 0.29) is 0 Å². The van der Waals surface area contributed by atoms with Crippen LogP contribution in [0.25, 0.3) is 0 Å². The molecule has 1 atom stereocenters. The van der Waals surface area contributed by atoms with Gasteiger partial charge in [-0.15, -0.1) is 0 Å². The van der Waals surface area contributed by atoms with Gasteiger partial charge < -0.3 is 10.2 Å². The minimum Gasteiger partial charge on any atom is -0.390 e. The Morgan fingerprint density at radius 3 is 2.50 bits per heavy atom. The molecule has 80 valence electrons. The van der Waals surface area contributed by atoms with Crippen molar-refractivity contribution in [3.05, 3.63) is 22.4 Å². The van der Waals surface area contributed by atoms with E-state index in [1.165, 1.54) is 0 Å². The number of aliphatic hydroxyl groups excluding tert-OH is 1. The quantitative estimate of drug-likeness (QED) is 0.789. The van der Waals surface area contributed by atoms with E-state index in [0.29, 0.717) is 19.3 Å². The predicted molar refractivity (Wildman–Crippen MR) is 59.6 cm³/mol. The van der Waals surface area contributed by atoms with Crippen molar-refractivity contribution in [2.24, 2.45) is 0 Å². The molecular formula is C11H18O2S. The Balaban J connectivity index is 2.60. The number of rotatable bonds is 5. The average molecular weight is 214 g/mol. The van der Waals surface area contributed by atoms with E-state index >= 15 is 0 Å². The fourth-order valence-electron chi connectivity index (χ4n) is 1.54. The first-order valence-electron chi connectivity index (χ1n) is 5.04. The molecule has 0 aliphatic carbocycles.